The monoisotopic (exact) mass is 1020 g/mol. The largest absolute Gasteiger partial charge is 0.507 e. The second kappa shape index (κ2) is 19.5. The summed E-state index contributed by atoms with van der Waals surface area (Å²) in [6, 6.07) is 13.2. The van der Waals surface area contributed by atoms with Crippen molar-refractivity contribution in [3.05, 3.63) is 88.5 Å². The van der Waals surface area contributed by atoms with E-state index in [1.807, 2.05) is 36.4 Å². The highest BCUT2D eigenvalue weighted by Crippen LogP contribution is 2.66. The molecular formula is C60H79N3O11. The molecule has 6 aliphatic carbocycles. The number of carbonyl (C=O) groups excluding carboxylic acids is 2. The molecule has 0 unspecified atom stereocenters. The fraction of sp³-hybridized carbons (Fsp3) is 0.617. The topological polar surface area (TPSA) is 224 Å². The number of phenols is 3. The van der Waals surface area contributed by atoms with Crippen LogP contribution in [0.25, 0.3) is 0 Å². The molecule has 0 amide bonds. The lowest BCUT2D eigenvalue weighted by molar-refractivity contribution is -0.188. The molecule has 0 aromatic heterocycles. The van der Waals surface area contributed by atoms with Crippen molar-refractivity contribution in [2.24, 2.45) is 17.1 Å². The summed E-state index contributed by atoms with van der Waals surface area (Å²) in [5, 5.41) is 63.0. The molecule has 13 rings (SSSR count). The maximum atomic E-state index is 12.7. The highest BCUT2D eigenvalue weighted by atomic mass is 16.5. The van der Waals surface area contributed by atoms with Gasteiger partial charge in [-0.05, 0) is 135 Å². The number of ketones is 2. The Bertz CT molecular complexity index is 2670. The fourth-order valence-electron chi connectivity index (χ4n) is 15.6. The number of aromatic hydroxyl groups is 3. The number of piperidine rings is 2. The molecule has 10 aliphatic rings. The number of rotatable bonds is 9. The standard InChI is InChI=1S/C20H23NO4.C19H21NO4.C12H18O.C9H17NO2/c22-13-4-3-12-9-15-20(24)6-5-14(23)18-19(20,16(12)17(13)25-18)7-8-21(15)10-11-1-2-11;1-2-8-20-9-7-18-15-11-3-4-12(21)16(15)24-17(18)13(22)5-6-19(18,23)14(20)10-11;1-8(2)10-6-5-7-11(9(3)4)12(10)13;10-7-9(6-8(11)12)4-2-1-3-5-9/h3-4,11,15,18,22,24H,1-2,5-10H2;2-4,14,17,21,23H,1,5-10H2;5-9,13H,1-4H3;1-7,10H2,(H,11,12)/t15-,18+,19+,20-;14-,17+,18+,19-;;/m11../s1. The molecule has 2 saturated heterocycles. The van der Waals surface area contributed by atoms with Crippen LogP contribution in [0.1, 0.15) is 163 Å². The molecule has 14 nitrogen and oxygen atoms in total. The number of para-hydroxylation sites is 1. The number of carbonyl (C=O) groups is 3. The van der Waals surface area contributed by atoms with Gasteiger partial charge in [0.2, 0.25) is 0 Å². The number of hydrogen-bond donors (Lipinski definition) is 7. The predicted molar refractivity (Wildman–Crippen MR) is 280 cm³/mol. The Hall–Kier alpha value is -4.99. The Morgan fingerprint density at radius 3 is 1.66 bits per heavy atom. The number of Topliss-reactive ketones (excluding diaryl/α,β-unsaturated/α-hetero) is 2. The first-order chi connectivity index (χ1) is 35.3. The van der Waals surface area contributed by atoms with E-state index >= 15 is 0 Å². The summed E-state index contributed by atoms with van der Waals surface area (Å²) >= 11 is 0. The van der Waals surface area contributed by atoms with Gasteiger partial charge in [-0.3, -0.25) is 24.2 Å². The Kier molecular flexibility index (Phi) is 13.9. The van der Waals surface area contributed by atoms with Gasteiger partial charge in [-0.25, -0.2) is 0 Å². The lowest BCUT2D eigenvalue weighted by Gasteiger charge is -2.62. The van der Waals surface area contributed by atoms with Crippen LogP contribution in [0.4, 0.5) is 0 Å². The number of nitrogens with zero attached hydrogens (tertiary/aromatic N) is 2. The zero-order valence-electron chi connectivity index (χ0n) is 43.9. The van der Waals surface area contributed by atoms with Crippen LogP contribution < -0.4 is 15.2 Å². The summed E-state index contributed by atoms with van der Waals surface area (Å²) in [6.45, 7) is 16.2. The molecule has 8 atom stereocenters. The SMILES string of the molecule is C=CCN1CC[C@]23c4c5ccc(O)c4O[C@H]2C(=O)CC[C@@]3(O)[C@H]1C5.CC(C)c1cccc(C(C)C)c1O.NCC1(CC(=O)O)CCCCC1.O=C1CC[C@@]2(O)[C@H]3Cc4ccc(O)c5c4[C@@]2(CCN3CC2CC2)[C@H]1O5. The highest BCUT2D eigenvalue weighted by molar-refractivity contribution is 5.91. The smallest absolute Gasteiger partial charge is 0.303 e. The molecule has 4 saturated carbocycles. The molecule has 3 aromatic carbocycles. The van der Waals surface area contributed by atoms with Gasteiger partial charge in [0.25, 0.3) is 0 Å². The van der Waals surface area contributed by atoms with Crippen LogP contribution in [0.2, 0.25) is 0 Å². The number of hydrogen-bond acceptors (Lipinski definition) is 13. The van der Waals surface area contributed by atoms with Gasteiger partial charge >= 0.3 is 5.97 Å². The first kappa shape index (κ1) is 52.5. The van der Waals surface area contributed by atoms with Gasteiger partial charge in [0.1, 0.15) is 5.75 Å². The van der Waals surface area contributed by atoms with Crippen molar-refractivity contribution in [2.75, 3.05) is 32.7 Å². The average molecular weight is 1020 g/mol. The van der Waals surface area contributed by atoms with Gasteiger partial charge in [0.05, 0.1) is 28.5 Å². The molecule has 14 heteroatoms. The Labute approximate surface area is 435 Å². The van der Waals surface area contributed by atoms with Crippen LogP contribution in [-0.2, 0) is 38.1 Å². The third-order valence-electron chi connectivity index (χ3n) is 19.5. The lowest BCUT2D eigenvalue weighted by atomic mass is 9.49. The molecule has 400 valence electrons. The molecule has 6 fully saturated rings. The van der Waals surface area contributed by atoms with Crippen LogP contribution in [0.5, 0.6) is 28.7 Å². The van der Waals surface area contributed by atoms with Gasteiger partial charge in [-0.2, -0.15) is 0 Å². The van der Waals surface area contributed by atoms with E-state index in [-0.39, 0.29) is 47.0 Å². The minimum absolute atomic E-state index is 0.0408. The quantitative estimate of drug-likeness (QED) is 0.102. The Morgan fingerprint density at radius 1 is 0.730 bits per heavy atom. The molecule has 2 spiro atoms. The third-order valence-corrected chi connectivity index (χ3v) is 19.5. The maximum Gasteiger partial charge on any atom is 0.303 e. The Balaban J connectivity index is 0.000000119. The zero-order valence-corrected chi connectivity index (χ0v) is 43.9. The first-order valence-electron chi connectivity index (χ1n) is 27.7. The van der Waals surface area contributed by atoms with Crippen LogP contribution in [-0.4, -0.2) is 126 Å². The summed E-state index contributed by atoms with van der Waals surface area (Å²) in [5.74, 6) is 2.47. The van der Waals surface area contributed by atoms with Crippen LogP contribution >= 0.6 is 0 Å². The molecule has 8 N–H and O–H groups in total. The van der Waals surface area contributed by atoms with Gasteiger partial charge in [0.15, 0.2) is 46.8 Å². The average Bonchev–Trinajstić information content (AvgIpc) is 4.12. The van der Waals surface area contributed by atoms with Gasteiger partial charge in [-0.15, -0.1) is 6.58 Å². The van der Waals surface area contributed by atoms with Crippen molar-refractivity contribution in [1.82, 2.24) is 9.80 Å². The van der Waals surface area contributed by atoms with Crippen LogP contribution in [0, 0.1) is 11.3 Å². The van der Waals surface area contributed by atoms with E-state index in [4.69, 9.17) is 20.3 Å². The first-order valence-corrected chi connectivity index (χ1v) is 27.7. The van der Waals surface area contributed by atoms with E-state index in [1.165, 1.54) is 19.3 Å². The van der Waals surface area contributed by atoms with Crippen molar-refractivity contribution in [2.45, 2.75) is 189 Å². The molecule has 4 heterocycles. The van der Waals surface area contributed by atoms with Crippen LogP contribution in [0.3, 0.4) is 0 Å². The summed E-state index contributed by atoms with van der Waals surface area (Å²) in [6.07, 6.45) is 13.4. The minimum atomic E-state index is -1.00. The van der Waals surface area contributed by atoms with E-state index in [0.29, 0.717) is 74.2 Å². The fourth-order valence-corrected chi connectivity index (χ4v) is 15.6. The van der Waals surface area contributed by atoms with E-state index in [9.17, 15) is 39.9 Å². The highest BCUT2D eigenvalue weighted by Gasteiger charge is 2.74. The zero-order chi connectivity index (χ0) is 52.7. The normalized spacial score (nSPS) is 32.3. The number of carboxylic acids is 1. The number of carboxylic acid groups (broad SMARTS) is 1. The van der Waals surface area contributed by atoms with E-state index < -0.39 is 40.2 Å². The van der Waals surface area contributed by atoms with Gasteiger partial charge in [0, 0.05) is 55.7 Å². The summed E-state index contributed by atoms with van der Waals surface area (Å²) < 4.78 is 12.0. The number of ether oxygens (including phenoxy) is 2. The number of benzene rings is 3. The van der Waals surface area contributed by atoms with Crippen molar-refractivity contribution in [3.63, 3.8) is 0 Å². The predicted octanol–water partition coefficient (Wildman–Crippen LogP) is 7.84. The third kappa shape index (κ3) is 8.17. The van der Waals surface area contributed by atoms with E-state index in [2.05, 4.69) is 44.1 Å². The van der Waals surface area contributed by atoms with Crippen molar-refractivity contribution in [1.29, 1.82) is 0 Å². The molecular weight excluding hydrogens is 939 g/mol. The second-order valence-corrected chi connectivity index (χ2v) is 24.2. The lowest BCUT2D eigenvalue weighted by Crippen LogP contribution is -2.76. The molecule has 74 heavy (non-hydrogen) atoms. The molecule has 4 aliphatic heterocycles. The van der Waals surface area contributed by atoms with Gasteiger partial charge in [-0.1, -0.05) is 83.4 Å². The summed E-state index contributed by atoms with van der Waals surface area (Å²) in [7, 11) is 0. The minimum Gasteiger partial charge on any atom is -0.507 e. The molecule has 0 radical (unpaired) electrons. The number of likely N-dealkylation sites (tertiary alicyclic amines) is 2. The van der Waals surface area contributed by atoms with Gasteiger partial charge < -0.3 is 45.8 Å². The second-order valence-electron chi connectivity index (χ2n) is 24.2. The van der Waals surface area contributed by atoms with Crippen molar-refractivity contribution < 1.29 is 54.5 Å². The summed E-state index contributed by atoms with van der Waals surface area (Å²) in [4.78, 5) is 40.7. The number of phenolic OH excluding ortho intramolecular Hbond substituents is 3. The van der Waals surface area contributed by atoms with Crippen LogP contribution in [0.15, 0.2) is 55.1 Å². The number of aliphatic hydroxyl groups is 2. The number of aliphatic carboxylic acids is 1. The maximum absolute atomic E-state index is 12.7. The van der Waals surface area contributed by atoms with E-state index in [1.54, 1.807) is 12.1 Å². The Morgan fingerprint density at radius 2 is 1.22 bits per heavy atom. The van der Waals surface area contributed by atoms with Crippen molar-refractivity contribution >= 4 is 17.5 Å². The molecule has 4 bridgehead atoms. The number of nitrogens with two attached hydrogens (primary N) is 1. The van der Waals surface area contributed by atoms with E-state index in [0.717, 1.165) is 104 Å². The molecule has 3 aromatic rings. The van der Waals surface area contributed by atoms with Crippen molar-refractivity contribution in [3.8, 4) is 28.7 Å². The summed E-state index contributed by atoms with van der Waals surface area (Å²) in [5.41, 5.74) is 8.35.